The van der Waals surface area contributed by atoms with Crippen LogP contribution in [0.15, 0.2) is 54.6 Å². The number of rotatable bonds is 6. The SMILES string of the molecule is CC1(C(=O)OCc2cccc3ccccc23)CCC(Oc2cc(C(=O)O)c(F)cc2C#N)CC1. The van der Waals surface area contributed by atoms with Gasteiger partial charge < -0.3 is 14.6 Å². The Morgan fingerprint density at radius 3 is 2.56 bits per heavy atom. The minimum Gasteiger partial charge on any atom is -0.489 e. The van der Waals surface area contributed by atoms with Crippen molar-refractivity contribution in [3.8, 4) is 11.8 Å². The van der Waals surface area contributed by atoms with E-state index in [2.05, 4.69) is 0 Å². The first kappa shape index (κ1) is 23.2. The zero-order valence-corrected chi connectivity index (χ0v) is 18.7. The summed E-state index contributed by atoms with van der Waals surface area (Å²) in [4.78, 5) is 24.2. The number of fused-ring (bicyclic) bond motifs is 1. The second-order valence-corrected chi connectivity index (χ2v) is 8.84. The number of carboxylic acids is 1. The maximum atomic E-state index is 13.9. The topological polar surface area (TPSA) is 96.6 Å². The van der Waals surface area contributed by atoms with E-state index < -0.39 is 22.8 Å². The van der Waals surface area contributed by atoms with Gasteiger partial charge in [-0.25, -0.2) is 9.18 Å². The highest BCUT2D eigenvalue weighted by atomic mass is 19.1. The molecule has 34 heavy (non-hydrogen) atoms. The molecule has 0 heterocycles. The van der Waals surface area contributed by atoms with E-state index in [4.69, 9.17) is 14.6 Å². The fraction of sp³-hybridized carbons (Fsp3) is 0.296. The Bertz CT molecular complexity index is 1280. The summed E-state index contributed by atoms with van der Waals surface area (Å²) in [5.41, 5.74) is -0.337. The first-order valence-corrected chi connectivity index (χ1v) is 11.1. The lowest BCUT2D eigenvalue weighted by atomic mass is 9.74. The summed E-state index contributed by atoms with van der Waals surface area (Å²) in [5.74, 6) is -2.65. The molecule has 7 heteroatoms. The van der Waals surface area contributed by atoms with Crippen molar-refractivity contribution in [2.75, 3.05) is 0 Å². The standard InChI is InChI=1S/C27H24FNO5/c1-27(26(32)33-16-18-7-4-6-17-5-2-3-8-21(17)18)11-9-20(10-12-27)34-24-14-22(25(30)31)23(28)13-19(24)15-29/h2-8,13-14,20H,9-12,16H2,1H3,(H,30,31). The van der Waals surface area contributed by atoms with Gasteiger partial charge in [0.1, 0.15) is 24.2 Å². The predicted octanol–water partition coefficient (Wildman–Crippen LogP) is 5.62. The maximum Gasteiger partial charge on any atom is 0.338 e. The van der Waals surface area contributed by atoms with Gasteiger partial charge in [-0.15, -0.1) is 0 Å². The number of carbonyl (C=O) groups excluding carboxylic acids is 1. The molecule has 1 N–H and O–H groups in total. The molecule has 0 atom stereocenters. The Labute approximate surface area is 196 Å². The van der Waals surface area contributed by atoms with Gasteiger partial charge >= 0.3 is 11.9 Å². The molecule has 0 amide bonds. The number of esters is 1. The Hall–Kier alpha value is -3.92. The lowest BCUT2D eigenvalue weighted by Gasteiger charge is -2.35. The van der Waals surface area contributed by atoms with E-state index in [1.807, 2.05) is 55.5 Å². The molecule has 3 aromatic carbocycles. The van der Waals surface area contributed by atoms with Crippen molar-refractivity contribution in [2.45, 2.75) is 45.3 Å². The average Bonchev–Trinajstić information content (AvgIpc) is 2.84. The highest BCUT2D eigenvalue weighted by Crippen LogP contribution is 2.39. The van der Waals surface area contributed by atoms with Crippen LogP contribution in [0.25, 0.3) is 10.8 Å². The molecule has 1 saturated carbocycles. The van der Waals surface area contributed by atoms with Crippen molar-refractivity contribution in [2.24, 2.45) is 5.41 Å². The molecular weight excluding hydrogens is 437 g/mol. The summed E-state index contributed by atoms with van der Waals surface area (Å²) < 4.78 is 25.4. The van der Waals surface area contributed by atoms with E-state index in [0.29, 0.717) is 25.7 Å². The average molecular weight is 461 g/mol. The number of benzene rings is 3. The molecule has 4 rings (SSSR count). The van der Waals surface area contributed by atoms with E-state index in [9.17, 15) is 19.2 Å². The zero-order valence-electron chi connectivity index (χ0n) is 18.7. The van der Waals surface area contributed by atoms with Crippen LogP contribution in [-0.4, -0.2) is 23.1 Å². The summed E-state index contributed by atoms with van der Waals surface area (Å²) >= 11 is 0. The highest BCUT2D eigenvalue weighted by Gasteiger charge is 2.40. The Kier molecular flexibility index (Phi) is 6.51. The van der Waals surface area contributed by atoms with E-state index >= 15 is 0 Å². The van der Waals surface area contributed by atoms with Crippen molar-refractivity contribution in [1.82, 2.24) is 0 Å². The summed E-state index contributed by atoms with van der Waals surface area (Å²) in [6, 6.07) is 17.6. The van der Waals surface area contributed by atoms with Gasteiger partial charge in [0.05, 0.1) is 22.6 Å². The molecule has 6 nitrogen and oxygen atoms in total. The fourth-order valence-electron chi connectivity index (χ4n) is 4.37. The molecule has 0 unspecified atom stereocenters. The van der Waals surface area contributed by atoms with E-state index in [0.717, 1.165) is 28.5 Å². The zero-order chi connectivity index (χ0) is 24.3. The number of carboxylic acid groups (broad SMARTS) is 1. The summed E-state index contributed by atoms with van der Waals surface area (Å²) in [7, 11) is 0. The molecule has 174 valence electrons. The molecule has 1 aliphatic rings. The Balaban J connectivity index is 1.39. The minimum atomic E-state index is -1.43. The predicted molar refractivity (Wildman–Crippen MR) is 123 cm³/mol. The van der Waals surface area contributed by atoms with Crippen LogP contribution in [0.1, 0.15) is 54.1 Å². The van der Waals surface area contributed by atoms with Crippen LogP contribution in [-0.2, 0) is 16.1 Å². The largest absolute Gasteiger partial charge is 0.489 e. The normalized spacial score (nSPS) is 19.9. The number of carbonyl (C=O) groups is 2. The van der Waals surface area contributed by atoms with Crippen LogP contribution >= 0.6 is 0 Å². The molecule has 0 bridgehead atoms. The van der Waals surface area contributed by atoms with Crippen LogP contribution in [0.2, 0.25) is 0 Å². The van der Waals surface area contributed by atoms with E-state index in [1.54, 1.807) is 0 Å². The smallest absolute Gasteiger partial charge is 0.338 e. The van der Waals surface area contributed by atoms with Gasteiger partial charge in [-0.3, -0.25) is 4.79 Å². The maximum absolute atomic E-state index is 13.9. The second kappa shape index (κ2) is 9.52. The van der Waals surface area contributed by atoms with Gasteiger partial charge in [0.25, 0.3) is 0 Å². The van der Waals surface area contributed by atoms with Crippen LogP contribution in [0, 0.1) is 22.6 Å². The molecule has 0 spiro atoms. The van der Waals surface area contributed by atoms with Crippen molar-refractivity contribution in [3.63, 3.8) is 0 Å². The van der Waals surface area contributed by atoms with Crippen LogP contribution in [0.5, 0.6) is 5.75 Å². The van der Waals surface area contributed by atoms with Gasteiger partial charge in [-0.05, 0) is 61.1 Å². The highest BCUT2D eigenvalue weighted by molar-refractivity contribution is 5.89. The number of aromatic carboxylic acids is 1. The molecule has 0 radical (unpaired) electrons. The third-order valence-electron chi connectivity index (χ3n) is 6.48. The number of nitriles is 1. The van der Waals surface area contributed by atoms with Gasteiger partial charge in [-0.2, -0.15) is 5.26 Å². The van der Waals surface area contributed by atoms with Crippen LogP contribution < -0.4 is 4.74 Å². The summed E-state index contributed by atoms with van der Waals surface area (Å²) in [5, 5.41) is 20.6. The van der Waals surface area contributed by atoms with E-state index in [-0.39, 0.29) is 30.0 Å². The summed E-state index contributed by atoms with van der Waals surface area (Å²) in [6.45, 7) is 2.06. The Morgan fingerprint density at radius 1 is 1.15 bits per heavy atom. The quantitative estimate of drug-likeness (QED) is 0.479. The summed E-state index contributed by atoms with van der Waals surface area (Å²) in [6.07, 6.45) is 1.75. The van der Waals surface area contributed by atoms with Crippen molar-refractivity contribution in [3.05, 3.63) is 77.1 Å². The molecule has 0 aliphatic heterocycles. The van der Waals surface area contributed by atoms with Gasteiger partial charge in [-0.1, -0.05) is 42.5 Å². The Morgan fingerprint density at radius 2 is 1.85 bits per heavy atom. The number of ether oxygens (including phenoxy) is 2. The van der Waals surface area contributed by atoms with Crippen molar-refractivity contribution < 1.29 is 28.6 Å². The van der Waals surface area contributed by atoms with Gasteiger partial charge in [0.15, 0.2) is 0 Å². The number of hydrogen-bond donors (Lipinski definition) is 1. The first-order chi connectivity index (χ1) is 16.3. The second-order valence-electron chi connectivity index (χ2n) is 8.84. The monoisotopic (exact) mass is 461 g/mol. The number of halogens is 1. The van der Waals surface area contributed by atoms with Crippen molar-refractivity contribution >= 4 is 22.7 Å². The molecule has 3 aromatic rings. The number of nitrogens with zero attached hydrogens (tertiary/aromatic N) is 1. The fourth-order valence-corrected chi connectivity index (χ4v) is 4.37. The molecule has 1 aliphatic carbocycles. The number of hydrogen-bond acceptors (Lipinski definition) is 5. The minimum absolute atomic E-state index is 0.0356. The molecule has 0 saturated heterocycles. The third-order valence-corrected chi connectivity index (χ3v) is 6.48. The van der Waals surface area contributed by atoms with Crippen LogP contribution in [0.4, 0.5) is 4.39 Å². The molecule has 0 aromatic heterocycles. The van der Waals surface area contributed by atoms with E-state index in [1.165, 1.54) is 0 Å². The molecule has 1 fully saturated rings. The lowest BCUT2D eigenvalue weighted by molar-refractivity contribution is -0.159. The van der Waals surface area contributed by atoms with Gasteiger partial charge in [0, 0.05) is 0 Å². The van der Waals surface area contributed by atoms with Gasteiger partial charge in [0.2, 0.25) is 0 Å². The lowest BCUT2D eigenvalue weighted by Crippen LogP contribution is -2.37. The van der Waals surface area contributed by atoms with Crippen LogP contribution in [0.3, 0.4) is 0 Å². The first-order valence-electron chi connectivity index (χ1n) is 11.1. The molecular formula is C27H24FNO5. The van der Waals surface area contributed by atoms with Crippen molar-refractivity contribution in [1.29, 1.82) is 5.26 Å². The third kappa shape index (κ3) is 4.72.